The highest BCUT2D eigenvalue weighted by Crippen LogP contribution is 2.16. The van der Waals surface area contributed by atoms with Gasteiger partial charge in [0, 0.05) is 18.4 Å². The maximum Gasteiger partial charge on any atom is 0.272 e. The van der Waals surface area contributed by atoms with E-state index in [1.165, 1.54) is 42.5 Å². The van der Waals surface area contributed by atoms with Gasteiger partial charge < -0.3 is 4.52 Å². The lowest BCUT2D eigenvalue weighted by molar-refractivity contribution is -0.121. The summed E-state index contributed by atoms with van der Waals surface area (Å²) in [5, 5.41) is 3.77. The molecule has 9 heteroatoms. The summed E-state index contributed by atoms with van der Waals surface area (Å²) < 4.78 is 31.4. The van der Waals surface area contributed by atoms with Crippen LogP contribution in [0.2, 0.25) is 0 Å². The van der Waals surface area contributed by atoms with Crippen molar-refractivity contribution >= 4 is 11.8 Å². The average molecular weight is 372 g/mol. The maximum atomic E-state index is 13.5. The van der Waals surface area contributed by atoms with Crippen LogP contribution in [0.25, 0.3) is 11.4 Å². The first-order chi connectivity index (χ1) is 13.0. The number of benzene rings is 2. The molecule has 0 atom stereocenters. The molecular formula is C18H14F2N4O3. The second-order valence-electron chi connectivity index (χ2n) is 5.50. The molecule has 1 heterocycles. The third-order valence-electron chi connectivity index (χ3n) is 3.57. The maximum absolute atomic E-state index is 13.5. The van der Waals surface area contributed by atoms with Gasteiger partial charge in [0.2, 0.25) is 17.6 Å². The van der Waals surface area contributed by atoms with E-state index in [0.29, 0.717) is 5.56 Å². The average Bonchev–Trinajstić information content (AvgIpc) is 3.14. The minimum Gasteiger partial charge on any atom is -0.339 e. The number of carbonyl (C=O) groups is 2. The quantitative estimate of drug-likeness (QED) is 0.671. The van der Waals surface area contributed by atoms with Crippen LogP contribution in [0.15, 0.2) is 53.1 Å². The fraction of sp³-hybridized carbons (Fsp3) is 0.111. The van der Waals surface area contributed by atoms with Gasteiger partial charge >= 0.3 is 0 Å². The van der Waals surface area contributed by atoms with Gasteiger partial charge in [-0.1, -0.05) is 17.3 Å². The number of hydrogen-bond acceptors (Lipinski definition) is 5. The van der Waals surface area contributed by atoms with Crippen molar-refractivity contribution in [3.63, 3.8) is 0 Å². The Morgan fingerprint density at radius 1 is 1.00 bits per heavy atom. The third kappa shape index (κ3) is 4.72. The van der Waals surface area contributed by atoms with Crippen LogP contribution < -0.4 is 10.9 Å². The van der Waals surface area contributed by atoms with Gasteiger partial charge in [0.15, 0.2) is 0 Å². The van der Waals surface area contributed by atoms with Crippen molar-refractivity contribution in [2.75, 3.05) is 0 Å². The SMILES string of the molecule is O=C(CCc1nc(-c2ccc(F)cc2)no1)NNC(=O)c1ccccc1F. The lowest BCUT2D eigenvalue weighted by Gasteiger charge is -2.07. The fourth-order valence-corrected chi connectivity index (χ4v) is 2.19. The summed E-state index contributed by atoms with van der Waals surface area (Å²) in [7, 11) is 0. The molecule has 2 amide bonds. The van der Waals surface area contributed by atoms with Crippen LogP contribution in [-0.2, 0) is 11.2 Å². The Morgan fingerprint density at radius 3 is 2.48 bits per heavy atom. The van der Waals surface area contributed by atoms with Crippen molar-refractivity contribution in [3.8, 4) is 11.4 Å². The minimum absolute atomic E-state index is 0.0391. The molecule has 0 spiro atoms. The molecule has 0 aliphatic carbocycles. The number of rotatable bonds is 5. The summed E-state index contributed by atoms with van der Waals surface area (Å²) in [5.41, 5.74) is 4.71. The molecule has 0 saturated carbocycles. The molecule has 2 aromatic carbocycles. The lowest BCUT2D eigenvalue weighted by atomic mass is 10.2. The predicted octanol–water partition coefficient (Wildman–Crippen LogP) is 2.41. The number of amides is 2. The van der Waals surface area contributed by atoms with E-state index in [-0.39, 0.29) is 35.9 Å². The predicted molar refractivity (Wildman–Crippen MR) is 90.0 cm³/mol. The number of hydrogen-bond donors (Lipinski definition) is 2. The molecule has 0 aliphatic heterocycles. The number of nitrogens with one attached hydrogen (secondary N) is 2. The van der Waals surface area contributed by atoms with Crippen molar-refractivity contribution in [3.05, 3.63) is 71.6 Å². The van der Waals surface area contributed by atoms with Gasteiger partial charge in [0.1, 0.15) is 11.6 Å². The number of aryl methyl sites for hydroxylation is 1. The Labute approximate surface area is 152 Å². The molecule has 0 unspecified atom stereocenters. The summed E-state index contributed by atoms with van der Waals surface area (Å²) in [6.45, 7) is 0. The normalized spacial score (nSPS) is 10.4. The molecule has 0 fully saturated rings. The van der Waals surface area contributed by atoms with E-state index in [9.17, 15) is 18.4 Å². The van der Waals surface area contributed by atoms with E-state index in [0.717, 1.165) is 6.07 Å². The molecule has 0 radical (unpaired) electrons. The summed E-state index contributed by atoms with van der Waals surface area (Å²) in [6, 6.07) is 11.0. The lowest BCUT2D eigenvalue weighted by Crippen LogP contribution is -2.42. The third-order valence-corrected chi connectivity index (χ3v) is 3.57. The van der Waals surface area contributed by atoms with E-state index >= 15 is 0 Å². The minimum atomic E-state index is -0.766. The van der Waals surface area contributed by atoms with E-state index in [2.05, 4.69) is 21.0 Å². The molecule has 7 nitrogen and oxygen atoms in total. The zero-order valence-corrected chi connectivity index (χ0v) is 13.9. The topological polar surface area (TPSA) is 97.1 Å². The Hall–Kier alpha value is -3.62. The standard InChI is InChI=1S/C18H14F2N4O3/c19-12-7-5-11(6-8-12)17-21-16(27-24-17)10-9-15(25)22-23-18(26)13-3-1-2-4-14(13)20/h1-8H,9-10H2,(H,22,25)(H,23,26). The van der Waals surface area contributed by atoms with E-state index < -0.39 is 17.6 Å². The first kappa shape index (κ1) is 18.2. The van der Waals surface area contributed by atoms with E-state index in [1.54, 1.807) is 0 Å². The van der Waals surface area contributed by atoms with Crippen LogP contribution in [0, 0.1) is 11.6 Å². The fourth-order valence-electron chi connectivity index (χ4n) is 2.19. The van der Waals surface area contributed by atoms with Crippen molar-refractivity contribution in [2.24, 2.45) is 0 Å². The van der Waals surface area contributed by atoms with E-state index in [1.807, 2.05) is 0 Å². The van der Waals surface area contributed by atoms with Gasteiger partial charge in [-0.25, -0.2) is 8.78 Å². The van der Waals surface area contributed by atoms with Gasteiger partial charge in [0.05, 0.1) is 5.56 Å². The molecule has 0 bridgehead atoms. The molecule has 138 valence electrons. The van der Waals surface area contributed by atoms with Crippen LogP contribution in [-0.4, -0.2) is 22.0 Å². The van der Waals surface area contributed by atoms with Crippen molar-refractivity contribution in [1.29, 1.82) is 0 Å². The Kier molecular flexibility index (Phi) is 5.50. The second-order valence-corrected chi connectivity index (χ2v) is 5.50. The van der Waals surface area contributed by atoms with Crippen molar-refractivity contribution in [1.82, 2.24) is 21.0 Å². The van der Waals surface area contributed by atoms with Crippen molar-refractivity contribution in [2.45, 2.75) is 12.8 Å². The van der Waals surface area contributed by atoms with Gasteiger partial charge in [-0.15, -0.1) is 0 Å². The summed E-state index contributed by atoms with van der Waals surface area (Å²) in [5.74, 6) is -1.86. The van der Waals surface area contributed by atoms with Gasteiger partial charge in [-0.2, -0.15) is 4.98 Å². The zero-order chi connectivity index (χ0) is 19.2. The smallest absolute Gasteiger partial charge is 0.272 e. The van der Waals surface area contributed by atoms with Gasteiger partial charge in [0.25, 0.3) is 5.91 Å². The highest BCUT2D eigenvalue weighted by molar-refractivity contribution is 5.95. The van der Waals surface area contributed by atoms with Crippen molar-refractivity contribution < 1.29 is 22.9 Å². The molecule has 0 saturated heterocycles. The number of hydrazine groups is 1. The number of aromatic nitrogens is 2. The van der Waals surface area contributed by atoms with Crippen LogP contribution in [0.5, 0.6) is 0 Å². The molecule has 1 aromatic heterocycles. The molecule has 27 heavy (non-hydrogen) atoms. The number of carbonyl (C=O) groups excluding carboxylic acids is 2. The summed E-state index contributed by atoms with van der Waals surface area (Å²) in [4.78, 5) is 27.7. The van der Waals surface area contributed by atoms with Crippen LogP contribution in [0.1, 0.15) is 22.7 Å². The highest BCUT2D eigenvalue weighted by atomic mass is 19.1. The number of nitrogens with zero attached hydrogens (tertiary/aromatic N) is 2. The Balaban J connectivity index is 1.49. The Bertz CT molecular complexity index is 957. The van der Waals surface area contributed by atoms with Gasteiger partial charge in [-0.05, 0) is 36.4 Å². The molecule has 3 rings (SSSR count). The highest BCUT2D eigenvalue weighted by Gasteiger charge is 2.13. The largest absolute Gasteiger partial charge is 0.339 e. The number of halogens is 2. The summed E-state index contributed by atoms with van der Waals surface area (Å²) in [6.07, 6.45) is 0.0954. The second kappa shape index (κ2) is 8.17. The molecule has 3 aromatic rings. The van der Waals surface area contributed by atoms with Gasteiger partial charge in [-0.3, -0.25) is 20.4 Å². The summed E-state index contributed by atoms with van der Waals surface area (Å²) >= 11 is 0. The molecular weight excluding hydrogens is 358 g/mol. The monoisotopic (exact) mass is 372 g/mol. The first-order valence-corrected chi connectivity index (χ1v) is 7.95. The van der Waals surface area contributed by atoms with Crippen LogP contribution in [0.4, 0.5) is 8.78 Å². The Morgan fingerprint density at radius 2 is 1.74 bits per heavy atom. The van der Waals surface area contributed by atoms with Crippen LogP contribution >= 0.6 is 0 Å². The van der Waals surface area contributed by atoms with E-state index in [4.69, 9.17) is 4.52 Å². The zero-order valence-electron chi connectivity index (χ0n) is 13.9. The van der Waals surface area contributed by atoms with Crippen LogP contribution in [0.3, 0.4) is 0 Å². The first-order valence-electron chi connectivity index (χ1n) is 7.95. The molecule has 2 N–H and O–H groups in total. The molecule has 0 aliphatic rings.